The molecule has 0 aliphatic rings. The number of phenols is 2. The maximum absolute atomic E-state index is 10.2. The van der Waals surface area contributed by atoms with E-state index in [-0.39, 0.29) is 45.3 Å². The molecule has 0 amide bonds. The van der Waals surface area contributed by atoms with Crippen LogP contribution in [0.15, 0.2) is 24.3 Å². The second kappa shape index (κ2) is 5.94. The molecule has 0 saturated heterocycles. The molecule has 0 heterocycles. The Balaban J connectivity index is 2.82. The van der Waals surface area contributed by atoms with Gasteiger partial charge in [-0.15, -0.1) is 0 Å². The first-order valence-corrected chi connectivity index (χ1v) is 6.18. The average molecular weight is 296 g/mol. The van der Waals surface area contributed by atoms with Crippen LogP contribution >= 0.6 is 0 Å². The highest BCUT2D eigenvalue weighted by atomic mass is 16.5. The van der Waals surface area contributed by atoms with E-state index in [4.69, 9.17) is 20.0 Å². The van der Waals surface area contributed by atoms with Crippen LogP contribution in [-0.4, -0.2) is 24.4 Å². The van der Waals surface area contributed by atoms with E-state index in [0.29, 0.717) is 0 Å². The molecule has 0 spiro atoms. The minimum atomic E-state index is -0.242. The van der Waals surface area contributed by atoms with E-state index < -0.39 is 0 Å². The normalized spacial score (nSPS) is 9.64. The predicted octanol–water partition coefficient (Wildman–Crippen LogP) is 2.53. The van der Waals surface area contributed by atoms with Crippen LogP contribution in [0, 0.1) is 22.7 Å². The lowest BCUT2D eigenvalue weighted by atomic mass is 9.98. The van der Waals surface area contributed by atoms with Gasteiger partial charge in [-0.05, 0) is 12.1 Å². The summed E-state index contributed by atoms with van der Waals surface area (Å²) in [4.78, 5) is 0. The van der Waals surface area contributed by atoms with Crippen LogP contribution in [0.1, 0.15) is 11.1 Å². The fourth-order valence-corrected chi connectivity index (χ4v) is 2.07. The van der Waals surface area contributed by atoms with Gasteiger partial charge in [0.15, 0.2) is 23.0 Å². The zero-order valence-corrected chi connectivity index (χ0v) is 11.9. The van der Waals surface area contributed by atoms with Crippen molar-refractivity contribution in [2.75, 3.05) is 14.2 Å². The number of ether oxygens (including phenoxy) is 2. The van der Waals surface area contributed by atoms with Crippen molar-refractivity contribution in [1.29, 1.82) is 10.5 Å². The average Bonchev–Trinajstić information content (AvgIpc) is 2.55. The number of methoxy groups -OCH3 is 2. The van der Waals surface area contributed by atoms with Crippen LogP contribution in [0.25, 0.3) is 11.1 Å². The molecule has 0 unspecified atom stereocenters. The van der Waals surface area contributed by atoms with Crippen LogP contribution in [0.3, 0.4) is 0 Å². The SMILES string of the molecule is COc1cc(C#N)cc(-c2cc(C#N)cc(OC)c2O)c1O. The van der Waals surface area contributed by atoms with Crippen molar-refractivity contribution in [3.05, 3.63) is 35.4 Å². The molecule has 110 valence electrons. The molecule has 0 aliphatic heterocycles. The summed E-state index contributed by atoms with van der Waals surface area (Å²) in [6, 6.07) is 9.44. The minimum absolute atomic E-state index is 0.0924. The number of hydrogen-bond acceptors (Lipinski definition) is 6. The second-order valence-electron chi connectivity index (χ2n) is 4.37. The number of hydrogen-bond donors (Lipinski definition) is 2. The van der Waals surface area contributed by atoms with Gasteiger partial charge >= 0.3 is 0 Å². The maximum atomic E-state index is 10.2. The first-order chi connectivity index (χ1) is 10.5. The molecule has 0 fully saturated rings. The van der Waals surface area contributed by atoms with Gasteiger partial charge in [0.2, 0.25) is 0 Å². The Hall–Kier alpha value is -3.38. The van der Waals surface area contributed by atoms with Gasteiger partial charge in [-0.25, -0.2) is 0 Å². The lowest BCUT2D eigenvalue weighted by Gasteiger charge is -2.13. The molecule has 2 aromatic rings. The molecule has 6 nitrogen and oxygen atoms in total. The molecular weight excluding hydrogens is 284 g/mol. The van der Waals surface area contributed by atoms with E-state index in [1.165, 1.54) is 38.5 Å². The fourth-order valence-electron chi connectivity index (χ4n) is 2.07. The summed E-state index contributed by atoms with van der Waals surface area (Å²) in [7, 11) is 2.71. The summed E-state index contributed by atoms with van der Waals surface area (Å²) in [5.74, 6) is -0.299. The lowest BCUT2D eigenvalue weighted by molar-refractivity contribution is 0.370. The third-order valence-corrected chi connectivity index (χ3v) is 3.14. The Kier molecular flexibility index (Phi) is 4.06. The molecule has 0 saturated carbocycles. The number of rotatable bonds is 3. The van der Waals surface area contributed by atoms with E-state index in [1.807, 2.05) is 12.1 Å². The molecule has 0 radical (unpaired) electrons. The van der Waals surface area contributed by atoms with E-state index in [1.54, 1.807) is 0 Å². The second-order valence-corrected chi connectivity index (χ2v) is 4.37. The molecule has 0 aromatic heterocycles. The third kappa shape index (κ3) is 2.46. The van der Waals surface area contributed by atoms with E-state index in [9.17, 15) is 10.2 Å². The summed E-state index contributed by atoms with van der Waals surface area (Å²) < 4.78 is 10.0. The van der Waals surface area contributed by atoms with Gasteiger partial charge < -0.3 is 19.7 Å². The van der Waals surface area contributed by atoms with Crippen LogP contribution in [-0.2, 0) is 0 Å². The van der Waals surface area contributed by atoms with Gasteiger partial charge in [0.05, 0.1) is 37.5 Å². The topological polar surface area (TPSA) is 106 Å². The molecular formula is C16H12N2O4. The van der Waals surface area contributed by atoms with Crippen molar-refractivity contribution < 1.29 is 19.7 Å². The quantitative estimate of drug-likeness (QED) is 0.901. The molecule has 2 N–H and O–H groups in total. The predicted molar refractivity (Wildman–Crippen MR) is 77.7 cm³/mol. The van der Waals surface area contributed by atoms with Crippen molar-refractivity contribution in [3.8, 4) is 46.3 Å². The number of aromatic hydroxyl groups is 2. The Morgan fingerprint density at radius 2 is 1.14 bits per heavy atom. The van der Waals surface area contributed by atoms with Crippen LogP contribution < -0.4 is 9.47 Å². The third-order valence-electron chi connectivity index (χ3n) is 3.14. The molecule has 0 aliphatic carbocycles. The highest BCUT2D eigenvalue weighted by Crippen LogP contribution is 2.45. The van der Waals surface area contributed by atoms with Gasteiger partial charge in [-0.1, -0.05) is 0 Å². The van der Waals surface area contributed by atoms with Gasteiger partial charge in [0.25, 0.3) is 0 Å². The van der Waals surface area contributed by atoms with Crippen LogP contribution in [0.4, 0.5) is 0 Å². The van der Waals surface area contributed by atoms with Gasteiger partial charge in [-0.3, -0.25) is 0 Å². The molecule has 0 bridgehead atoms. The zero-order chi connectivity index (χ0) is 16.3. The summed E-state index contributed by atoms with van der Waals surface area (Å²) in [5.41, 5.74) is 0.823. The highest BCUT2D eigenvalue weighted by Gasteiger charge is 2.19. The van der Waals surface area contributed by atoms with Gasteiger partial charge in [0, 0.05) is 23.3 Å². The summed E-state index contributed by atoms with van der Waals surface area (Å²) >= 11 is 0. The molecule has 2 aromatic carbocycles. The van der Waals surface area contributed by atoms with Crippen LogP contribution in [0.5, 0.6) is 23.0 Å². The van der Waals surface area contributed by atoms with Gasteiger partial charge in [-0.2, -0.15) is 10.5 Å². The van der Waals surface area contributed by atoms with Gasteiger partial charge in [0.1, 0.15) is 0 Å². The highest BCUT2D eigenvalue weighted by molar-refractivity contribution is 5.82. The van der Waals surface area contributed by atoms with Crippen LogP contribution in [0.2, 0.25) is 0 Å². The number of nitriles is 2. The van der Waals surface area contributed by atoms with Crippen molar-refractivity contribution in [3.63, 3.8) is 0 Å². The first kappa shape index (κ1) is 15.0. The molecule has 2 rings (SSSR count). The number of nitrogens with zero attached hydrogens (tertiary/aromatic N) is 2. The molecule has 22 heavy (non-hydrogen) atoms. The maximum Gasteiger partial charge on any atom is 0.165 e. The largest absolute Gasteiger partial charge is 0.504 e. The first-order valence-electron chi connectivity index (χ1n) is 6.18. The Morgan fingerprint density at radius 1 is 0.773 bits per heavy atom. The summed E-state index contributed by atoms with van der Waals surface area (Å²) in [5, 5.41) is 38.6. The fraction of sp³-hybridized carbons (Fsp3) is 0.125. The Labute approximate surface area is 127 Å². The number of phenolic OH excluding ortho intramolecular Hbond substituents is 2. The summed E-state index contributed by atoms with van der Waals surface area (Å²) in [6.07, 6.45) is 0. The Bertz CT molecular complexity index is 747. The van der Waals surface area contributed by atoms with E-state index >= 15 is 0 Å². The molecule has 0 atom stereocenters. The smallest absolute Gasteiger partial charge is 0.165 e. The summed E-state index contributed by atoms with van der Waals surface area (Å²) in [6.45, 7) is 0. The minimum Gasteiger partial charge on any atom is -0.504 e. The van der Waals surface area contributed by atoms with E-state index in [0.717, 1.165) is 0 Å². The van der Waals surface area contributed by atoms with Crippen molar-refractivity contribution >= 4 is 0 Å². The van der Waals surface area contributed by atoms with Crippen molar-refractivity contribution in [1.82, 2.24) is 0 Å². The Morgan fingerprint density at radius 3 is 1.41 bits per heavy atom. The number of benzene rings is 2. The van der Waals surface area contributed by atoms with Crippen molar-refractivity contribution in [2.45, 2.75) is 0 Å². The van der Waals surface area contributed by atoms with Crippen molar-refractivity contribution in [2.24, 2.45) is 0 Å². The standard InChI is InChI=1S/C16H12N2O4/c1-21-13-5-9(7-17)3-11(15(13)19)12-4-10(8-18)6-14(22-2)16(12)20/h3-6,19-20H,1-2H3. The molecule has 6 heteroatoms. The lowest BCUT2D eigenvalue weighted by Crippen LogP contribution is -1.92. The van der Waals surface area contributed by atoms with E-state index in [2.05, 4.69) is 0 Å². The zero-order valence-electron chi connectivity index (χ0n) is 11.9. The monoisotopic (exact) mass is 296 g/mol.